The third-order valence-electron chi connectivity index (χ3n) is 4.74. The van der Waals surface area contributed by atoms with Crippen LogP contribution in [0.15, 0.2) is 52.0 Å². The molecule has 1 aliphatic rings. The largest absolute Gasteiger partial charge is 0.392 e. The van der Waals surface area contributed by atoms with Crippen LogP contribution in [0.2, 0.25) is 5.02 Å². The highest BCUT2D eigenvalue weighted by molar-refractivity contribution is 9.10. The SMILES string of the molecule is O=S(=O)(c1cc(-c2nc(-c3ccc(Br)c(F)c3)c[nH]2)ccc1Cl)N1CCC(O)C1. The fourth-order valence-corrected chi connectivity index (χ4v) is 5.43. The van der Waals surface area contributed by atoms with E-state index in [4.69, 9.17) is 11.6 Å². The van der Waals surface area contributed by atoms with Crippen molar-refractivity contribution in [2.75, 3.05) is 13.1 Å². The minimum Gasteiger partial charge on any atom is -0.392 e. The molecule has 1 aliphatic heterocycles. The lowest BCUT2D eigenvalue weighted by Gasteiger charge is -2.17. The molecule has 1 unspecified atom stereocenters. The van der Waals surface area contributed by atoms with Gasteiger partial charge >= 0.3 is 0 Å². The summed E-state index contributed by atoms with van der Waals surface area (Å²) in [5.41, 5.74) is 1.63. The van der Waals surface area contributed by atoms with E-state index in [0.717, 1.165) is 0 Å². The molecule has 1 atom stereocenters. The number of sulfonamides is 1. The molecule has 2 aromatic carbocycles. The molecular formula is C19H16BrClFN3O3S. The van der Waals surface area contributed by atoms with E-state index in [0.29, 0.717) is 33.5 Å². The monoisotopic (exact) mass is 499 g/mol. The Bertz CT molecular complexity index is 1190. The first-order valence-corrected chi connectivity index (χ1v) is 11.4. The van der Waals surface area contributed by atoms with Crippen LogP contribution < -0.4 is 0 Å². The van der Waals surface area contributed by atoms with E-state index in [1.54, 1.807) is 24.4 Å². The molecule has 2 N–H and O–H groups in total. The Hall–Kier alpha value is -1.78. The Labute approximate surface area is 180 Å². The number of hydrogen-bond acceptors (Lipinski definition) is 4. The van der Waals surface area contributed by atoms with Crippen molar-refractivity contribution >= 4 is 37.6 Å². The highest BCUT2D eigenvalue weighted by Crippen LogP contribution is 2.32. The smallest absolute Gasteiger partial charge is 0.244 e. The number of nitrogens with one attached hydrogen (secondary N) is 1. The van der Waals surface area contributed by atoms with Crippen molar-refractivity contribution in [3.05, 3.63) is 57.9 Å². The zero-order valence-electron chi connectivity index (χ0n) is 14.9. The Morgan fingerprint density at radius 1 is 1.24 bits per heavy atom. The van der Waals surface area contributed by atoms with Crippen molar-refractivity contribution in [1.82, 2.24) is 14.3 Å². The molecule has 0 aliphatic carbocycles. The number of halogens is 3. The molecule has 6 nitrogen and oxygen atoms in total. The summed E-state index contributed by atoms with van der Waals surface area (Å²) < 4.78 is 41.3. The first kappa shape index (κ1) is 20.5. The lowest BCUT2D eigenvalue weighted by molar-refractivity contribution is 0.189. The molecule has 3 aromatic rings. The van der Waals surface area contributed by atoms with Crippen LogP contribution in [0, 0.1) is 5.82 Å². The van der Waals surface area contributed by atoms with Gasteiger partial charge in [0.1, 0.15) is 16.5 Å². The molecule has 0 amide bonds. The van der Waals surface area contributed by atoms with Gasteiger partial charge < -0.3 is 10.1 Å². The van der Waals surface area contributed by atoms with E-state index in [-0.39, 0.29) is 23.0 Å². The van der Waals surface area contributed by atoms with Crippen LogP contribution in [0.4, 0.5) is 4.39 Å². The number of hydrogen-bond donors (Lipinski definition) is 2. The van der Waals surface area contributed by atoms with Gasteiger partial charge in [0, 0.05) is 30.4 Å². The molecule has 4 rings (SSSR count). The molecule has 0 bridgehead atoms. The first-order valence-electron chi connectivity index (χ1n) is 8.74. The molecular weight excluding hydrogens is 485 g/mol. The van der Waals surface area contributed by atoms with E-state index in [1.807, 2.05) is 0 Å². The second-order valence-corrected chi connectivity index (χ2v) is 9.88. The number of rotatable bonds is 4. The van der Waals surface area contributed by atoms with Crippen LogP contribution in [0.25, 0.3) is 22.6 Å². The van der Waals surface area contributed by atoms with Gasteiger partial charge in [0.15, 0.2) is 0 Å². The quantitative estimate of drug-likeness (QED) is 0.566. The Kier molecular flexibility index (Phi) is 5.52. The Balaban J connectivity index is 1.69. The summed E-state index contributed by atoms with van der Waals surface area (Å²) in [4.78, 5) is 7.40. The van der Waals surface area contributed by atoms with E-state index in [2.05, 4.69) is 25.9 Å². The summed E-state index contributed by atoms with van der Waals surface area (Å²) in [6, 6.07) is 9.29. The minimum atomic E-state index is -3.84. The fourth-order valence-electron chi connectivity index (χ4n) is 3.19. The molecule has 0 radical (unpaired) electrons. The average molecular weight is 501 g/mol. The Morgan fingerprint density at radius 2 is 2.00 bits per heavy atom. The average Bonchev–Trinajstić information content (AvgIpc) is 3.34. The Morgan fingerprint density at radius 3 is 2.69 bits per heavy atom. The van der Waals surface area contributed by atoms with Gasteiger partial charge in [0.25, 0.3) is 0 Å². The number of β-amino-alcohol motifs (C(OH)–C–C–N with tert-alkyl or cyclic N) is 1. The molecule has 2 heterocycles. The highest BCUT2D eigenvalue weighted by Gasteiger charge is 2.33. The van der Waals surface area contributed by atoms with Crippen molar-refractivity contribution in [2.24, 2.45) is 0 Å². The molecule has 152 valence electrons. The van der Waals surface area contributed by atoms with Crippen molar-refractivity contribution in [2.45, 2.75) is 17.4 Å². The zero-order valence-corrected chi connectivity index (χ0v) is 18.1. The van der Waals surface area contributed by atoms with Crippen LogP contribution in [0.5, 0.6) is 0 Å². The normalized spacial score (nSPS) is 17.7. The van der Waals surface area contributed by atoms with Crippen LogP contribution in [0.1, 0.15) is 6.42 Å². The molecule has 0 saturated carbocycles. The summed E-state index contributed by atoms with van der Waals surface area (Å²) >= 11 is 9.29. The molecule has 1 aromatic heterocycles. The van der Waals surface area contributed by atoms with Crippen molar-refractivity contribution in [3.63, 3.8) is 0 Å². The van der Waals surface area contributed by atoms with Gasteiger partial charge in [-0.05, 0) is 52.7 Å². The molecule has 1 saturated heterocycles. The topological polar surface area (TPSA) is 86.3 Å². The molecule has 1 fully saturated rings. The summed E-state index contributed by atoms with van der Waals surface area (Å²) in [6.07, 6.45) is 1.34. The van der Waals surface area contributed by atoms with Crippen molar-refractivity contribution in [1.29, 1.82) is 0 Å². The predicted octanol–water partition coefficient (Wildman–Crippen LogP) is 4.05. The van der Waals surface area contributed by atoms with Gasteiger partial charge in [-0.15, -0.1) is 0 Å². The summed E-state index contributed by atoms with van der Waals surface area (Å²) in [6.45, 7) is 0.285. The molecule has 10 heteroatoms. The number of aliphatic hydroxyl groups excluding tert-OH is 1. The van der Waals surface area contributed by atoms with Gasteiger partial charge in [0.2, 0.25) is 10.0 Å². The van der Waals surface area contributed by atoms with Gasteiger partial charge in [-0.3, -0.25) is 0 Å². The van der Waals surface area contributed by atoms with Gasteiger partial charge in [-0.25, -0.2) is 17.8 Å². The molecule has 0 spiro atoms. The standard InChI is InChI=1S/C19H16BrClFN3O3S/c20-14-3-1-11(7-16(14)22)17-9-23-19(24-17)12-2-4-15(21)18(8-12)29(27,28)25-6-5-13(26)10-25/h1-4,7-9,13,26H,5-6,10H2,(H,23,24). The highest BCUT2D eigenvalue weighted by atomic mass is 79.9. The number of aromatic nitrogens is 2. The lowest BCUT2D eigenvalue weighted by atomic mass is 10.2. The number of H-pyrrole nitrogens is 1. The van der Waals surface area contributed by atoms with Gasteiger partial charge in [-0.1, -0.05) is 17.7 Å². The minimum absolute atomic E-state index is 0.0431. The van der Waals surface area contributed by atoms with E-state index < -0.39 is 21.9 Å². The maximum absolute atomic E-state index is 13.8. The van der Waals surface area contributed by atoms with Crippen molar-refractivity contribution < 1.29 is 17.9 Å². The fraction of sp³-hybridized carbons (Fsp3) is 0.211. The number of nitrogens with zero attached hydrogens (tertiary/aromatic N) is 2. The summed E-state index contributed by atoms with van der Waals surface area (Å²) in [7, 11) is -3.84. The van der Waals surface area contributed by atoms with Crippen LogP contribution in [-0.4, -0.2) is 47.0 Å². The van der Waals surface area contributed by atoms with Gasteiger partial charge in [0.05, 0.1) is 21.3 Å². The maximum atomic E-state index is 13.8. The lowest BCUT2D eigenvalue weighted by Crippen LogP contribution is -2.30. The number of imidazole rings is 1. The van der Waals surface area contributed by atoms with Crippen LogP contribution in [-0.2, 0) is 10.0 Å². The number of benzene rings is 2. The van der Waals surface area contributed by atoms with E-state index in [9.17, 15) is 17.9 Å². The second kappa shape index (κ2) is 7.81. The van der Waals surface area contributed by atoms with Crippen molar-refractivity contribution in [3.8, 4) is 22.6 Å². The zero-order chi connectivity index (χ0) is 20.8. The van der Waals surface area contributed by atoms with E-state index in [1.165, 1.54) is 22.5 Å². The first-order chi connectivity index (χ1) is 13.8. The number of aliphatic hydroxyl groups is 1. The predicted molar refractivity (Wildman–Crippen MR) is 112 cm³/mol. The number of aromatic amines is 1. The van der Waals surface area contributed by atoms with E-state index >= 15 is 0 Å². The molecule has 29 heavy (non-hydrogen) atoms. The summed E-state index contributed by atoms with van der Waals surface area (Å²) in [5.74, 6) is 0.0256. The summed E-state index contributed by atoms with van der Waals surface area (Å²) in [5, 5.41) is 9.77. The second-order valence-electron chi connectivity index (χ2n) is 6.71. The van der Waals surface area contributed by atoms with Crippen LogP contribution >= 0.6 is 27.5 Å². The van der Waals surface area contributed by atoms with Crippen LogP contribution in [0.3, 0.4) is 0 Å². The maximum Gasteiger partial charge on any atom is 0.244 e. The third-order valence-corrected chi connectivity index (χ3v) is 7.73. The van der Waals surface area contributed by atoms with Gasteiger partial charge in [-0.2, -0.15) is 4.31 Å². The third kappa shape index (κ3) is 3.97.